The van der Waals surface area contributed by atoms with Gasteiger partial charge >= 0.3 is 0 Å². The van der Waals surface area contributed by atoms with Crippen LogP contribution < -0.4 is 0 Å². The first-order valence-electron chi connectivity index (χ1n) is 3.56. The molecule has 0 aliphatic carbocycles. The summed E-state index contributed by atoms with van der Waals surface area (Å²) in [6, 6.07) is 0. The summed E-state index contributed by atoms with van der Waals surface area (Å²) in [4.78, 5) is 0. The van der Waals surface area contributed by atoms with Gasteiger partial charge in [0.25, 0.3) is 0 Å². The van der Waals surface area contributed by atoms with E-state index in [0.717, 1.165) is 5.75 Å². The molecular formula is C8H12OS2. The van der Waals surface area contributed by atoms with E-state index in [1.54, 1.807) is 18.7 Å². The Morgan fingerprint density at radius 3 is 2.91 bits per heavy atom. The summed E-state index contributed by atoms with van der Waals surface area (Å²) in [5, 5.41) is 0. The molecule has 0 aliphatic heterocycles. The quantitative estimate of drug-likeness (QED) is 0.383. The van der Waals surface area contributed by atoms with Crippen LogP contribution in [0.2, 0.25) is 0 Å². The Morgan fingerprint density at radius 2 is 2.36 bits per heavy atom. The Hall–Kier alpha value is -0.200. The van der Waals surface area contributed by atoms with Gasteiger partial charge < -0.3 is 4.74 Å². The largest absolute Gasteiger partial charge is 0.389 e. The van der Waals surface area contributed by atoms with E-state index in [-0.39, 0.29) is 0 Å². The van der Waals surface area contributed by atoms with Crippen LogP contribution in [0.4, 0.5) is 0 Å². The molecule has 0 aromatic carbocycles. The van der Waals surface area contributed by atoms with Crippen molar-refractivity contribution in [2.75, 3.05) is 5.75 Å². The van der Waals surface area contributed by atoms with Gasteiger partial charge in [0.1, 0.15) is 6.11 Å². The lowest BCUT2D eigenvalue weighted by Crippen LogP contribution is -1.91. The Balaban J connectivity index is 3.27. The van der Waals surface area contributed by atoms with Gasteiger partial charge in [0.2, 0.25) is 4.38 Å². The molecule has 0 bridgehead atoms. The molecule has 62 valence electrons. The first-order valence-corrected chi connectivity index (χ1v) is 4.96. The van der Waals surface area contributed by atoms with E-state index < -0.39 is 0 Å². The maximum absolute atomic E-state index is 4.87. The molecule has 0 amide bonds. The number of thioether (sulfide) groups is 1. The molecule has 0 spiro atoms. The Bertz CT molecular complexity index is 167. The van der Waals surface area contributed by atoms with Gasteiger partial charge in [0, 0.05) is 12.7 Å². The molecule has 0 aromatic heterocycles. The number of hydrogen-bond acceptors (Lipinski definition) is 3. The third-order valence-electron chi connectivity index (χ3n) is 0.954. The lowest BCUT2D eigenvalue weighted by Gasteiger charge is -1.97. The fraction of sp³-hybridized carbons (Fsp3) is 0.625. The predicted octanol–water partition coefficient (Wildman–Crippen LogP) is 2.80. The van der Waals surface area contributed by atoms with Gasteiger partial charge in [0.15, 0.2) is 0 Å². The molecule has 0 saturated heterocycles. The van der Waals surface area contributed by atoms with Crippen molar-refractivity contribution in [2.24, 2.45) is 0 Å². The molecule has 0 aliphatic rings. The van der Waals surface area contributed by atoms with Crippen LogP contribution in [0.15, 0.2) is 0 Å². The van der Waals surface area contributed by atoms with Gasteiger partial charge in [-0.25, -0.2) is 0 Å². The van der Waals surface area contributed by atoms with Crippen molar-refractivity contribution in [2.45, 2.75) is 26.7 Å². The first kappa shape index (κ1) is 10.8. The predicted molar refractivity (Wildman–Crippen MR) is 54.5 cm³/mol. The van der Waals surface area contributed by atoms with Gasteiger partial charge in [-0.3, -0.25) is 0 Å². The molecule has 3 heteroatoms. The summed E-state index contributed by atoms with van der Waals surface area (Å²) < 4.78 is 5.41. The molecule has 0 N–H and O–H groups in total. The molecule has 0 aromatic rings. The van der Waals surface area contributed by atoms with Crippen LogP contribution in [-0.2, 0) is 4.74 Å². The van der Waals surface area contributed by atoms with Crippen molar-refractivity contribution in [1.29, 1.82) is 0 Å². The average Bonchev–Trinajstić information content (AvgIpc) is 2.01. The lowest BCUT2D eigenvalue weighted by molar-refractivity contribution is 0.540. The van der Waals surface area contributed by atoms with Crippen molar-refractivity contribution in [1.82, 2.24) is 0 Å². The second-order valence-electron chi connectivity index (χ2n) is 1.91. The minimum Gasteiger partial charge on any atom is -0.389 e. The highest BCUT2D eigenvalue weighted by Gasteiger charge is 1.94. The zero-order valence-corrected chi connectivity index (χ0v) is 8.48. The van der Waals surface area contributed by atoms with E-state index in [2.05, 4.69) is 19.0 Å². The van der Waals surface area contributed by atoms with E-state index in [4.69, 9.17) is 17.0 Å². The van der Waals surface area contributed by atoms with Crippen LogP contribution in [0.5, 0.6) is 0 Å². The van der Waals surface area contributed by atoms with Crippen molar-refractivity contribution in [3.63, 3.8) is 0 Å². The average molecular weight is 188 g/mol. The van der Waals surface area contributed by atoms with Crippen LogP contribution in [0.1, 0.15) is 26.7 Å². The minimum absolute atomic E-state index is 0.535. The van der Waals surface area contributed by atoms with Crippen LogP contribution >= 0.6 is 24.0 Å². The Labute approximate surface area is 77.9 Å². The zero-order chi connectivity index (χ0) is 8.53. The summed E-state index contributed by atoms with van der Waals surface area (Å²) in [7, 11) is 0. The second-order valence-corrected chi connectivity index (χ2v) is 3.60. The number of thiocarbonyl (C=S) groups is 1. The number of ether oxygens (including phenoxy) is 1. The van der Waals surface area contributed by atoms with Gasteiger partial charge in [0.05, 0.1) is 0 Å². The van der Waals surface area contributed by atoms with Crippen LogP contribution in [0.25, 0.3) is 0 Å². The van der Waals surface area contributed by atoms with Gasteiger partial charge in [-0.15, -0.1) is 0 Å². The van der Waals surface area contributed by atoms with Gasteiger partial charge in [-0.1, -0.05) is 31.0 Å². The topological polar surface area (TPSA) is 9.23 Å². The van der Waals surface area contributed by atoms with E-state index >= 15 is 0 Å². The molecule has 0 saturated carbocycles. The summed E-state index contributed by atoms with van der Waals surface area (Å²) in [6.45, 7) is 3.87. The summed E-state index contributed by atoms with van der Waals surface area (Å²) in [5.41, 5.74) is 0. The molecular weight excluding hydrogens is 176 g/mol. The maximum atomic E-state index is 4.87. The van der Waals surface area contributed by atoms with E-state index in [0.29, 0.717) is 4.38 Å². The highest BCUT2D eigenvalue weighted by molar-refractivity contribution is 8.22. The molecule has 0 rings (SSSR count). The second kappa shape index (κ2) is 7.90. The highest BCUT2D eigenvalue weighted by Crippen LogP contribution is 2.07. The smallest absolute Gasteiger partial charge is 0.237 e. The van der Waals surface area contributed by atoms with Gasteiger partial charge in [-0.05, 0) is 18.6 Å². The lowest BCUT2D eigenvalue weighted by atomic mass is 10.4. The summed E-state index contributed by atoms with van der Waals surface area (Å²) in [6.07, 6.45) is 4.83. The normalized spacial score (nSPS) is 8.18. The fourth-order valence-electron chi connectivity index (χ4n) is 0.422. The zero-order valence-electron chi connectivity index (χ0n) is 6.85. The molecule has 0 radical (unpaired) electrons. The molecule has 0 atom stereocenters. The number of hydrogen-bond donors (Lipinski definition) is 0. The number of rotatable bonds is 3. The van der Waals surface area contributed by atoms with Crippen LogP contribution in [-0.4, -0.2) is 10.1 Å². The minimum atomic E-state index is 0.535. The SMILES string of the molecule is CC#COC(=S)SCCCC. The molecule has 1 nitrogen and oxygen atoms in total. The van der Waals surface area contributed by atoms with Crippen molar-refractivity contribution < 1.29 is 4.74 Å². The van der Waals surface area contributed by atoms with Crippen LogP contribution in [0.3, 0.4) is 0 Å². The molecule has 0 unspecified atom stereocenters. The highest BCUT2D eigenvalue weighted by atomic mass is 32.2. The standard InChI is InChI=1S/C8H12OS2/c1-3-5-7-11-8(10)9-6-4-2/h3,5,7H2,1-2H3. The van der Waals surface area contributed by atoms with E-state index in [1.807, 2.05) is 0 Å². The first-order chi connectivity index (χ1) is 5.31. The van der Waals surface area contributed by atoms with E-state index in [1.165, 1.54) is 12.8 Å². The third kappa shape index (κ3) is 7.70. The summed E-state index contributed by atoms with van der Waals surface area (Å²) >= 11 is 6.42. The van der Waals surface area contributed by atoms with Crippen molar-refractivity contribution in [3.8, 4) is 12.0 Å². The Kier molecular flexibility index (Phi) is 7.76. The Morgan fingerprint density at radius 1 is 1.64 bits per heavy atom. The molecule has 0 heterocycles. The number of unbranched alkanes of at least 4 members (excludes halogenated alkanes) is 1. The third-order valence-corrected chi connectivity index (χ3v) is 2.20. The molecule has 11 heavy (non-hydrogen) atoms. The van der Waals surface area contributed by atoms with E-state index in [9.17, 15) is 0 Å². The van der Waals surface area contributed by atoms with Crippen molar-refractivity contribution >= 4 is 28.4 Å². The molecule has 0 fully saturated rings. The van der Waals surface area contributed by atoms with Crippen molar-refractivity contribution in [3.05, 3.63) is 0 Å². The van der Waals surface area contributed by atoms with Gasteiger partial charge in [-0.2, -0.15) is 0 Å². The fourth-order valence-corrected chi connectivity index (χ4v) is 1.41. The van der Waals surface area contributed by atoms with Crippen LogP contribution in [0, 0.1) is 12.0 Å². The monoisotopic (exact) mass is 188 g/mol. The summed E-state index contributed by atoms with van der Waals surface area (Å²) in [5.74, 6) is 3.64. The maximum Gasteiger partial charge on any atom is 0.237 e.